The minimum absolute atomic E-state index is 0.0165. The molecule has 0 saturated heterocycles. The minimum Gasteiger partial charge on any atom is -0.248 e. The second-order valence-electron chi connectivity index (χ2n) is 4.38. The first-order valence-corrected chi connectivity index (χ1v) is 8.39. The van der Waals surface area contributed by atoms with Crippen LogP contribution in [0.1, 0.15) is 18.9 Å². The third kappa shape index (κ3) is 2.86. The summed E-state index contributed by atoms with van der Waals surface area (Å²) in [6.45, 7) is 3.50. The fraction of sp³-hybridized carbons (Fsp3) is 0.444. The van der Waals surface area contributed by atoms with Crippen LogP contribution in [0.5, 0.6) is 0 Å². The maximum atomic E-state index is 12.4. The summed E-state index contributed by atoms with van der Waals surface area (Å²) < 4.78 is 28.7. The number of aryl methyl sites for hydroxylation is 1. The van der Waals surface area contributed by atoms with Crippen LogP contribution in [0.25, 0.3) is 0 Å². The molecule has 1 N–H and O–H groups in total. The van der Waals surface area contributed by atoms with Crippen molar-refractivity contribution in [1.29, 1.82) is 0 Å². The van der Waals surface area contributed by atoms with Crippen molar-refractivity contribution >= 4 is 37.3 Å². The normalized spacial score (nSPS) is 12.8. The Kier molecular flexibility index (Phi) is 3.78. The Morgan fingerprint density at radius 3 is 2.63 bits per heavy atom. The standard InChI is InChI=1S/C9H12BrN5O2S2/c1-9(2,8-11-4-5-18-8)13-19(16,17)7-6(10)12-14-15(7)3/h4-5,13H,1-3H3. The summed E-state index contributed by atoms with van der Waals surface area (Å²) in [7, 11) is -2.24. The number of sulfonamides is 1. The van der Waals surface area contributed by atoms with Crippen LogP contribution in [0, 0.1) is 0 Å². The molecule has 0 aliphatic heterocycles. The van der Waals surface area contributed by atoms with E-state index in [4.69, 9.17) is 0 Å². The second kappa shape index (κ2) is 4.93. The molecule has 0 aliphatic rings. The van der Waals surface area contributed by atoms with Crippen molar-refractivity contribution < 1.29 is 8.42 Å². The zero-order chi connectivity index (χ0) is 14.3. The number of hydrogen-bond acceptors (Lipinski definition) is 6. The summed E-state index contributed by atoms with van der Waals surface area (Å²) in [6.07, 6.45) is 1.64. The molecular formula is C9H12BrN5O2S2. The van der Waals surface area contributed by atoms with Gasteiger partial charge in [-0.2, -0.15) is 4.72 Å². The summed E-state index contributed by atoms with van der Waals surface area (Å²) in [5.41, 5.74) is -0.809. The smallest absolute Gasteiger partial charge is 0.248 e. The lowest BCUT2D eigenvalue weighted by molar-refractivity contribution is 0.464. The van der Waals surface area contributed by atoms with Crippen LogP contribution in [0.3, 0.4) is 0 Å². The van der Waals surface area contributed by atoms with Gasteiger partial charge in [0.05, 0.1) is 5.54 Å². The molecule has 0 bridgehead atoms. The van der Waals surface area contributed by atoms with Crippen molar-refractivity contribution in [1.82, 2.24) is 24.7 Å². The van der Waals surface area contributed by atoms with Gasteiger partial charge in [-0.15, -0.1) is 16.4 Å². The zero-order valence-electron chi connectivity index (χ0n) is 10.5. The molecule has 10 heteroatoms. The number of hydrogen-bond donors (Lipinski definition) is 1. The average Bonchev–Trinajstić information content (AvgIpc) is 2.86. The number of rotatable bonds is 4. The van der Waals surface area contributed by atoms with Gasteiger partial charge in [0.1, 0.15) is 5.01 Å². The first-order valence-electron chi connectivity index (χ1n) is 5.23. The van der Waals surface area contributed by atoms with Gasteiger partial charge >= 0.3 is 0 Å². The van der Waals surface area contributed by atoms with E-state index in [2.05, 4.69) is 35.9 Å². The lowest BCUT2D eigenvalue weighted by atomic mass is 10.1. The molecule has 19 heavy (non-hydrogen) atoms. The number of halogens is 1. The predicted octanol–water partition coefficient (Wildman–Crippen LogP) is 1.25. The highest BCUT2D eigenvalue weighted by Crippen LogP contribution is 2.26. The molecule has 0 saturated carbocycles. The monoisotopic (exact) mass is 365 g/mol. The first kappa shape index (κ1) is 14.6. The maximum Gasteiger partial charge on any atom is 0.261 e. The molecule has 0 amide bonds. The van der Waals surface area contributed by atoms with E-state index < -0.39 is 15.6 Å². The van der Waals surface area contributed by atoms with Crippen LogP contribution < -0.4 is 4.72 Å². The van der Waals surface area contributed by atoms with Crippen molar-refractivity contribution in [3.8, 4) is 0 Å². The molecule has 0 spiro atoms. The summed E-state index contributed by atoms with van der Waals surface area (Å²) in [6, 6.07) is 0. The fourth-order valence-corrected chi connectivity index (χ4v) is 4.83. The Bertz CT molecular complexity index is 658. The molecule has 0 radical (unpaired) electrons. The lowest BCUT2D eigenvalue weighted by Gasteiger charge is -2.23. The summed E-state index contributed by atoms with van der Waals surface area (Å²) in [5, 5.41) is 9.80. The van der Waals surface area contributed by atoms with Crippen LogP contribution in [-0.2, 0) is 22.6 Å². The maximum absolute atomic E-state index is 12.4. The number of thiazole rings is 1. The molecule has 0 fully saturated rings. The van der Waals surface area contributed by atoms with Crippen LogP contribution >= 0.6 is 27.3 Å². The van der Waals surface area contributed by atoms with Gasteiger partial charge in [-0.05, 0) is 29.8 Å². The number of nitrogens with one attached hydrogen (secondary N) is 1. The van der Waals surface area contributed by atoms with E-state index in [9.17, 15) is 8.42 Å². The van der Waals surface area contributed by atoms with Gasteiger partial charge in [0.15, 0.2) is 4.60 Å². The van der Waals surface area contributed by atoms with E-state index in [1.165, 1.54) is 23.1 Å². The average molecular weight is 366 g/mol. The van der Waals surface area contributed by atoms with Crippen LogP contribution in [0.4, 0.5) is 0 Å². The molecule has 104 valence electrons. The van der Waals surface area contributed by atoms with Crippen molar-refractivity contribution in [2.45, 2.75) is 24.4 Å². The highest BCUT2D eigenvalue weighted by Gasteiger charge is 2.33. The van der Waals surface area contributed by atoms with Crippen LogP contribution in [0.2, 0.25) is 0 Å². The Morgan fingerprint density at radius 2 is 2.16 bits per heavy atom. The fourth-order valence-electron chi connectivity index (χ4n) is 1.57. The van der Waals surface area contributed by atoms with Crippen molar-refractivity contribution in [2.24, 2.45) is 7.05 Å². The Hall–Kier alpha value is -0.840. The largest absolute Gasteiger partial charge is 0.261 e. The quantitative estimate of drug-likeness (QED) is 0.880. The number of aromatic nitrogens is 4. The van der Waals surface area contributed by atoms with Gasteiger partial charge < -0.3 is 0 Å². The first-order chi connectivity index (χ1) is 8.74. The summed E-state index contributed by atoms with van der Waals surface area (Å²) in [5.74, 6) is 0. The van der Waals surface area contributed by atoms with Crippen molar-refractivity contribution in [3.63, 3.8) is 0 Å². The third-order valence-electron chi connectivity index (χ3n) is 2.35. The summed E-state index contributed by atoms with van der Waals surface area (Å²) >= 11 is 4.47. The van der Waals surface area contributed by atoms with Gasteiger partial charge in [0, 0.05) is 18.6 Å². The Labute approximate surface area is 123 Å². The topological polar surface area (TPSA) is 89.8 Å². The van der Waals surface area contributed by atoms with Crippen molar-refractivity contribution in [3.05, 3.63) is 21.2 Å². The molecule has 2 rings (SSSR count). The van der Waals surface area contributed by atoms with Gasteiger partial charge in [0.2, 0.25) is 5.03 Å². The molecule has 0 aliphatic carbocycles. The van der Waals surface area contributed by atoms with Crippen molar-refractivity contribution in [2.75, 3.05) is 0 Å². The van der Waals surface area contributed by atoms with Gasteiger partial charge in [-0.1, -0.05) is 5.21 Å². The zero-order valence-corrected chi connectivity index (χ0v) is 13.7. The molecular weight excluding hydrogens is 354 g/mol. The van der Waals surface area contributed by atoms with Crippen LogP contribution in [0.15, 0.2) is 21.2 Å². The second-order valence-corrected chi connectivity index (χ2v) is 7.62. The molecule has 7 nitrogen and oxygen atoms in total. The number of nitrogens with zero attached hydrogens (tertiary/aromatic N) is 4. The van der Waals surface area contributed by atoms with E-state index in [1.54, 1.807) is 25.4 Å². The van der Waals surface area contributed by atoms with Gasteiger partial charge in [-0.25, -0.2) is 18.1 Å². The van der Waals surface area contributed by atoms with Gasteiger partial charge in [0.25, 0.3) is 10.0 Å². The minimum atomic E-state index is -3.75. The highest BCUT2D eigenvalue weighted by atomic mass is 79.9. The molecule has 0 unspecified atom stereocenters. The Morgan fingerprint density at radius 1 is 1.47 bits per heavy atom. The van der Waals surface area contributed by atoms with E-state index in [1.807, 2.05) is 0 Å². The van der Waals surface area contributed by atoms with Gasteiger partial charge in [-0.3, -0.25) is 0 Å². The highest BCUT2D eigenvalue weighted by molar-refractivity contribution is 9.10. The Balaban J connectivity index is 2.38. The molecule has 0 atom stereocenters. The molecule has 2 heterocycles. The third-order valence-corrected chi connectivity index (χ3v) is 5.99. The van der Waals surface area contributed by atoms with E-state index >= 15 is 0 Å². The van der Waals surface area contributed by atoms with E-state index in [-0.39, 0.29) is 9.63 Å². The SMILES string of the molecule is Cn1nnc(Br)c1S(=O)(=O)NC(C)(C)c1nccs1. The molecule has 0 aromatic carbocycles. The molecule has 2 aromatic heterocycles. The lowest BCUT2D eigenvalue weighted by Crippen LogP contribution is -2.41. The molecule has 2 aromatic rings. The van der Waals surface area contributed by atoms with E-state index in [0.717, 1.165) is 0 Å². The van der Waals surface area contributed by atoms with E-state index in [0.29, 0.717) is 5.01 Å². The summed E-state index contributed by atoms with van der Waals surface area (Å²) in [4.78, 5) is 4.14. The predicted molar refractivity (Wildman–Crippen MR) is 74.2 cm³/mol. The van der Waals surface area contributed by atoms with Crippen LogP contribution in [-0.4, -0.2) is 28.4 Å².